The fourth-order valence-electron chi connectivity index (χ4n) is 2.80. The molecule has 0 spiro atoms. The normalized spacial score (nSPS) is 19.7. The highest BCUT2D eigenvalue weighted by Gasteiger charge is 2.19. The summed E-state index contributed by atoms with van der Waals surface area (Å²) in [4.78, 5) is 2.45. The minimum Gasteiger partial charge on any atom is -0.493 e. The van der Waals surface area contributed by atoms with Gasteiger partial charge >= 0.3 is 0 Å². The van der Waals surface area contributed by atoms with Gasteiger partial charge < -0.3 is 19.7 Å². The number of nitrogens with zero attached hydrogens (tertiary/aromatic N) is 1. The molecule has 1 aliphatic heterocycles. The minimum absolute atomic E-state index is 0.622. The van der Waals surface area contributed by atoms with E-state index in [4.69, 9.17) is 9.47 Å². The molecule has 0 aromatic heterocycles. The van der Waals surface area contributed by atoms with Gasteiger partial charge in [0, 0.05) is 24.3 Å². The van der Waals surface area contributed by atoms with Gasteiger partial charge in [-0.2, -0.15) is 0 Å². The monoisotopic (exact) mass is 278 g/mol. The molecule has 1 atom stereocenters. The molecule has 1 unspecified atom stereocenters. The van der Waals surface area contributed by atoms with E-state index >= 15 is 0 Å². The highest BCUT2D eigenvalue weighted by atomic mass is 16.5. The van der Waals surface area contributed by atoms with Crippen molar-refractivity contribution < 1.29 is 9.47 Å². The molecule has 1 aromatic rings. The Morgan fingerprint density at radius 1 is 1.20 bits per heavy atom. The van der Waals surface area contributed by atoms with Crippen LogP contribution in [0.2, 0.25) is 0 Å². The molecule has 0 radical (unpaired) electrons. The van der Waals surface area contributed by atoms with Crippen molar-refractivity contribution in [2.45, 2.75) is 32.2 Å². The molecule has 0 saturated carbocycles. The molecule has 4 heteroatoms. The second-order valence-electron chi connectivity index (χ2n) is 5.53. The second kappa shape index (κ2) is 6.84. The van der Waals surface area contributed by atoms with Gasteiger partial charge in [0.05, 0.1) is 14.2 Å². The number of rotatable bonds is 5. The maximum absolute atomic E-state index is 5.37. The lowest BCUT2D eigenvalue weighted by molar-refractivity contribution is 0.194. The number of aryl methyl sites for hydroxylation is 1. The van der Waals surface area contributed by atoms with E-state index in [9.17, 15) is 0 Å². The first-order chi connectivity index (χ1) is 9.65. The van der Waals surface area contributed by atoms with Gasteiger partial charge in [-0.15, -0.1) is 0 Å². The van der Waals surface area contributed by atoms with Crippen LogP contribution in [-0.2, 0) is 0 Å². The molecule has 1 fully saturated rings. The maximum atomic E-state index is 5.37. The third-order valence-electron chi connectivity index (χ3n) is 4.18. The van der Waals surface area contributed by atoms with Gasteiger partial charge in [0.1, 0.15) is 0 Å². The molecule has 0 aliphatic carbocycles. The number of benzene rings is 1. The van der Waals surface area contributed by atoms with Crippen LogP contribution in [0.4, 0.5) is 5.69 Å². The summed E-state index contributed by atoms with van der Waals surface area (Å²) in [5.41, 5.74) is 2.31. The molecule has 1 heterocycles. The average Bonchev–Trinajstić information content (AvgIpc) is 2.47. The zero-order valence-corrected chi connectivity index (χ0v) is 13.0. The molecular formula is C16H26N2O2. The molecule has 1 aromatic carbocycles. The lowest BCUT2D eigenvalue weighted by Gasteiger charge is -2.33. The van der Waals surface area contributed by atoms with Crippen molar-refractivity contribution >= 4 is 5.69 Å². The molecule has 2 rings (SSSR count). The smallest absolute Gasteiger partial charge is 0.162 e. The topological polar surface area (TPSA) is 33.7 Å². The van der Waals surface area contributed by atoms with Crippen molar-refractivity contribution in [3.05, 3.63) is 17.7 Å². The van der Waals surface area contributed by atoms with Crippen molar-refractivity contribution in [2.75, 3.05) is 39.7 Å². The summed E-state index contributed by atoms with van der Waals surface area (Å²) in [6.07, 6.45) is 3.93. The Labute approximate surface area is 122 Å². The second-order valence-corrected chi connectivity index (χ2v) is 5.53. The number of piperidine rings is 1. The van der Waals surface area contributed by atoms with Gasteiger partial charge in [0.2, 0.25) is 0 Å². The highest BCUT2D eigenvalue weighted by molar-refractivity contribution is 5.60. The zero-order chi connectivity index (χ0) is 14.5. The van der Waals surface area contributed by atoms with Crippen molar-refractivity contribution in [3.8, 4) is 11.5 Å². The number of likely N-dealkylation sites (N-methyl/N-ethyl adjacent to an activating group) is 1. The van der Waals surface area contributed by atoms with Crippen LogP contribution >= 0.6 is 0 Å². The number of ether oxygens (including phenoxy) is 2. The van der Waals surface area contributed by atoms with Crippen molar-refractivity contribution in [2.24, 2.45) is 0 Å². The fraction of sp³-hybridized carbons (Fsp3) is 0.625. The third kappa shape index (κ3) is 3.37. The number of hydrogen-bond acceptors (Lipinski definition) is 4. The predicted octanol–water partition coefficient (Wildman–Crippen LogP) is 2.91. The van der Waals surface area contributed by atoms with Crippen LogP contribution in [0, 0.1) is 6.92 Å². The molecule has 112 valence electrons. The Hall–Kier alpha value is -1.42. The van der Waals surface area contributed by atoms with Gasteiger partial charge in [0.25, 0.3) is 0 Å². The first kappa shape index (κ1) is 15.0. The largest absolute Gasteiger partial charge is 0.493 e. The maximum Gasteiger partial charge on any atom is 0.162 e. The first-order valence-electron chi connectivity index (χ1n) is 7.32. The minimum atomic E-state index is 0.622. The van der Waals surface area contributed by atoms with Crippen LogP contribution in [0.25, 0.3) is 0 Å². The Kier molecular flexibility index (Phi) is 5.12. The summed E-state index contributed by atoms with van der Waals surface area (Å²) in [6, 6.07) is 4.67. The number of anilines is 1. The molecule has 1 N–H and O–H groups in total. The Bertz CT molecular complexity index is 448. The number of likely N-dealkylation sites (tertiary alicyclic amines) is 1. The predicted molar refractivity (Wildman–Crippen MR) is 83.0 cm³/mol. The first-order valence-corrected chi connectivity index (χ1v) is 7.32. The Morgan fingerprint density at radius 3 is 2.55 bits per heavy atom. The summed E-state index contributed by atoms with van der Waals surface area (Å²) >= 11 is 0. The van der Waals surface area contributed by atoms with Crippen LogP contribution in [-0.4, -0.2) is 45.3 Å². The highest BCUT2D eigenvalue weighted by Crippen LogP contribution is 2.33. The quantitative estimate of drug-likeness (QED) is 0.898. The average molecular weight is 278 g/mol. The number of nitrogens with one attached hydrogen (secondary N) is 1. The molecule has 0 bridgehead atoms. The number of hydrogen-bond donors (Lipinski definition) is 1. The summed E-state index contributed by atoms with van der Waals surface area (Å²) < 4.78 is 10.7. The summed E-state index contributed by atoms with van der Waals surface area (Å²) in [5.74, 6) is 1.56. The molecular weight excluding hydrogens is 252 g/mol. The van der Waals surface area contributed by atoms with Crippen LogP contribution in [0.1, 0.15) is 24.8 Å². The van der Waals surface area contributed by atoms with Crippen LogP contribution < -0.4 is 14.8 Å². The zero-order valence-electron chi connectivity index (χ0n) is 13.0. The van der Waals surface area contributed by atoms with Gasteiger partial charge in [-0.3, -0.25) is 0 Å². The Balaban J connectivity index is 2.05. The van der Waals surface area contributed by atoms with Crippen molar-refractivity contribution in [1.29, 1.82) is 0 Å². The Morgan fingerprint density at radius 2 is 1.90 bits per heavy atom. The fourth-order valence-corrected chi connectivity index (χ4v) is 2.80. The third-order valence-corrected chi connectivity index (χ3v) is 4.18. The van der Waals surface area contributed by atoms with E-state index in [1.54, 1.807) is 14.2 Å². The molecule has 1 saturated heterocycles. The van der Waals surface area contributed by atoms with E-state index < -0.39 is 0 Å². The summed E-state index contributed by atoms with van der Waals surface area (Å²) in [6.45, 7) is 4.28. The molecule has 20 heavy (non-hydrogen) atoms. The SMILES string of the molecule is COc1cc(C)c(NCC2CCCCN2C)cc1OC. The van der Waals surface area contributed by atoms with Gasteiger partial charge in [-0.05, 0) is 45.0 Å². The van der Waals surface area contributed by atoms with Crippen LogP contribution in [0.3, 0.4) is 0 Å². The van der Waals surface area contributed by atoms with E-state index in [1.165, 1.54) is 31.4 Å². The van der Waals surface area contributed by atoms with Crippen LogP contribution in [0.15, 0.2) is 12.1 Å². The summed E-state index contributed by atoms with van der Waals surface area (Å²) in [5, 5.41) is 3.56. The lowest BCUT2D eigenvalue weighted by atomic mass is 10.0. The van der Waals surface area contributed by atoms with E-state index in [0.29, 0.717) is 6.04 Å². The van der Waals surface area contributed by atoms with Gasteiger partial charge in [0.15, 0.2) is 11.5 Å². The van der Waals surface area contributed by atoms with Gasteiger partial charge in [-0.25, -0.2) is 0 Å². The molecule has 1 aliphatic rings. The molecule has 4 nitrogen and oxygen atoms in total. The van der Waals surface area contributed by atoms with Gasteiger partial charge in [-0.1, -0.05) is 6.42 Å². The standard InChI is InChI=1S/C16H26N2O2/c1-12-9-15(19-3)16(20-4)10-14(12)17-11-13-7-5-6-8-18(13)2/h9-10,13,17H,5-8,11H2,1-4H3. The van der Waals surface area contributed by atoms with E-state index in [-0.39, 0.29) is 0 Å². The van der Waals surface area contributed by atoms with E-state index in [2.05, 4.69) is 24.2 Å². The van der Waals surface area contributed by atoms with E-state index in [0.717, 1.165) is 23.7 Å². The molecule has 0 amide bonds. The number of methoxy groups -OCH3 is 2. The van der Waals surface area contributed by atoms with Crippen LogP contribution in [0.5, 0.6) is 11.5 Å². The lowest BCUT2D eigenvalue weighted by Crippen LogP contribution is -2.40. The van der Waals surface area contributed by atoms with Crippen molar-refractivity contribution in [1.82, 2.24) is 4.90 Å². The van der Waals surface area contributed by atoms with Crippen molar-refractivity contribution in [3.63, 3.8) is 0 Å². The summed E-state index contributed by atoms with van der Waals surface area (Å²) in [7, 11) is 5.56. The van der Waals surface area contributed by atoms with E-state index in [1.807, 2.05) is 12.1 Å².